The van der Waals surface area contributed by atoms with E-state index in [0.29, 0.717) is 16.6 Å². The quantitative estimate of drug-likeness (QED) is 0.299. The first-order chi connectivity index (χ1) is 17.8. The zero-order chi connectivity index (χ0) is 26.0. The Hall–Kier alpha value is -2.95. The van der Waals surface area contributed by atoms with Crippen LogP contribution in [0.4, 0.5) is 5.69 Å². The van der Waals surface area contributed by atoms with Crippen LogP contribution in [0.1, 0.15) is 10.7 Å². The van der Waals surface area contributed by atoms with Gasteiger partial charge < -0.3 is 4.98 Å². The number of aromatic amines is 1. The van der Waals surface area contributed by atoms with Gasteiger partial charge in [-0.15, -0.1) is 11.3 Å². The summed E-state index contributed by atoms with van der Waals surface area (Å²) < 4.78 is 24.1. The highest BCUT2D eigenvalue weighted by Gasteiger charge is 2.29. The third-order valence-electron chi connectivity index (χ3n) is 6.18. The molecule has 0 bridgehead atoms. The number of nitrogens with one attached hydrogen (secondary N) is 1. The fourth-order valence-electron chi connectivity index (χ4n) is 4.34. The second-order valence-electron chi connectivity index (χ2n) is 9.01. The van der Waals surface area contributed by atoms with Gasteiger partial charge in [0.1, 0.15) is 5.82 Å². The van der Waals surface area contributed by atoms with Crippen molar-refractivity contribution in [3.63, 3.8) is 0 Å². The largest absolute Gasteiger partial charge is 0.349 e. The molecule has 10 heteroatoms. The number of rotatable bonds is 9. The average Bonchev–Trinajstić information content (AvgIpc) is 3.64. The molecule has 0 saturated carbocycles. The number of anilines is 1. The van der Waals surface area contributed by atoms with Crippen molar-refractivity contribution in [3.05, 3.63) is 94.9 Å². The normalized spacial score (nSPS) is 14.5. The Bertz CT molecular complexity index is 1520. The van der Waals surface area contributed by atoms with Crippen LogP contribution in [0.25, 0.3) is 16.1 Å². The smallest absolute Gasteiger partial charge is 0.175 e. The molecule has 0 aliphatic carbocycles. The summed E-state index contributed by atoms with van der Waals surface area (Å²) in [6.07, 6.45) is 7.91. The first-order valence-electron chi connectivity index (χ1n) is 11.9. The molecule has 0 saturated heterocycles. The maximum Gasteiger partial charge on any atom is 0.175 e. The van der Waals surface area contributed by atoms with Gasteiger partial charge in [-0.25, -0.2) is 13.4 Å². The molecule has 0 amide bonds. The Kier molecular flexibility index (Phi) is 7.50. The highest BCUT2D eigenvalue weighted by molar-refractivity contribution is 7.90. The summed E-state index contributed by atoms with van der Waals surface area (Å²) in [7, 11) is -1.18. The molecule has 37 heavy (non-hydrogen) atoms. The minimum atomic E-state index is -3.28. The number of thiophene rings is 1. The van der Waals surface area contributed by atoms with Crippen LogP contribution in [0.2, 0.25) is 5.02 Å². The molecule has 5 rings (SSSR count). The second-order valence-corrected chi connectivity index (χ2v) is 12.5. The Balaban J connectivity index is 1.40. The molecule has 0 fully saturated rings. The number of hydrogen-bond donors (Lipinski definition) is 1. The fraction of sp³-hybridized carbons (Fsp3) is 0.222. The number of likely N-dealkylation sites (N-methyl/N-ethyl adjacent to an activating group) is 1. The van der Waals surface area contributed by atoms with Crippen molar-refractivity contribution in [3.8, 4) is 10.4 Å². The van der Waals surface area contributed by atoms with E-state index >= 15 is 0 Å². The molecule has 0 radical (unpaired) electrons. The van der Waals surface area contributed by atoms with E-state index in [1.54, 1.807) is 35.7 Å². The third kappa shape index (κ3) is 5.81. The van der Waals surface area contributed by atoms with Crippen molar-refractivity contribution in [1.82, 2.24) is 19.9 Å². The molecule has 7 nitrogen and oxygen atoms in total. The van der Waals surface area contributed by atoms with Crippen LogP contribution in [-0.2, 0) is 16.3 Å². The number of benzene rings is 2. The van der Waals surface area contributed by atoms with E-state index in [9.17, 15) is 8.42 Å². The monoisotopic (exact) mass is 553 g/mol. The van der Waals surface area contributed by atoms with Gasteiger partial charge in [-0.3, -0.25) is 9.91 Å². The van der Waals surface area contributed by atoms with E-state index in [-0.39, 0.29) is 0 Å². The Morgan fingerprint density at radius 2 is 1.92 bits per heavy atom. The van der Waals surface area contributed by atoms with Crippen LogP contribution >= 0.6 is 22.9 Å². The Labute approximate surface area is 226 Å². The predicted octanol–water partition coefficient (Wildman–Crippen LogP) is 5.41. The second kappa shape index (κ2) is 10.8. The highest BCUT2D eigenvalue weighted by atomic mass is 35.5. The van der Waals surface area contributed by atoms with E-state index < -0.39 is 9.84 Å². The van der Waals surface area contributed by atoms with E-state index in [2.05, 4.69) is 44.1 Å². The van der Waals surface area contributed by atoms with Gasteiger partial charge >= 0.3 is 0 Å². The fourth-order valence-corrected chi connectivity index (χ4v) is 6.25. The number of aromatic nitrogens is 2. The molecule has 0 unspecified atom stereocenters. The Morgan fingerprint density at radius 3 is 2.68 bits per heavy atom. The van der Waals surface area contributed by atoms with Crippen molar-refractivity contribution in [2.24, 2.45) is 0 Å². The molecular weight excluding hydrogens is 526 g/mol. The van der Waals surface area contributed by atoms with Crippen LogP contribution in [0.5, 0.6) is 0 Å². The van der Waals surface area contributed by atoms with Gasteiger partial charge in [0.25, 0.3) is 0 Å². The van der Waals surface area contributed by atoms with Gasteiger partial charge in [0.05, 0.1) is 32.8 Å². The van der Waals surface area contributed by atoms with Crippen molar-refractivity contribution in [2.75, 3.05) is 38.1 Å². The number of halogens is 1. The van der Waals surface area contributed by atoms with Crippen molar-refractivity contribution >= 4 is 44.2 Å². The van der Waals surface area contributed by atoms with E-state index in [4.69, 9.17) is 11.6 Å². The standard InChI is InChI=1S/C27H28ClN5O2S2/c1-31(16-13-27-29-14-15-30-27)19-32-17-12-24(33(32)23-9-4-3-8-22(23)28)26-11-10-25(36-26)20-6-5-7-21(18-20)37(2,34)35/h3-12,14-15,18H,13,16-17,19H2,1-2H3,(H,29,30). The molecule has 1 N–H and O–H groups in total. The summed E-state index contributed by atoms with van der Waals surface area (Å²) in [6, 6.07) is 19.1. The number of hydrazine groups is 1. The molecule has 1 aliphatic heterocycles. The van der Waals surface area contributed by atoms with Crippen LogP contribution in [-0.4, -0.2) is 61.4 Å². The van der Waals surface area contributed by atoms with Gasteiger partial charge in [0.15, 0.2) is 9.84 Å². The molecule has 2 aromatic heterocycles. The predicted molar refractivity (Wildman–Crippen MR) is 151 cm³/mol. The average molecular weight is 554 g/mol. The topological polar surface area (TPSA) is 72.5 Å². The molecular formula is C27H28ClN5O2S2. The molecule has 192 valence electrons. The number of para-hydroxylation sites is 1. The molecule has 0 spiro atoms. The number of sulfone groups is 1. The minimum absolute atomic E-state index is 0.321. The third-order valence-corrected chi connectivity index (χ3v) is 8.77. The van der Waals surface area contributed by atoms with Crippen molar-refractivity contribution in [2.45, 2.75) is 11.3 Å². The zero-order valence-electron chi connectivity index (χ0n) is 20.6. The van der Waals surface area contributed by atoms with Crippen molar-refractivity contribution < 1.29 is 8.42 Å². The lowest BCUT2D eigenvalue weighted by molar-refractivity contribution is 0.177. The SMILES string of the molecule is CN(CCc1ncc[nH]1)CN1CC=C(c2ccc(-c3cccc(S(C)(=O)=O)c3)s2)N1c1ccccc1Cl. The maximum atomic E-state index is 12.1. The summed E-state index contributed by atoms with van der Waals surface area (Å²) in [5, 5.41) is 5.13. The first kappa shape index (κ1) is 25.7. The lowest BCUT2D eigenvalue weighted by atomic mass is 10.2. The Morgan fingerprint density at radius 1 is 1.11 bits per heavy atom. The number of H-pyrrole nitrogens is 1. The maximum absolute atomic E-state index is 12.1. The van der Waals surface area contributed by atoms with Crippen LogP contribution in [0.15, 0.2) is 84.0 Å². The summed E-state index contributed by atoms with van der Waals surface area (Å²) in [5.41, 5.74) is 2.86. The van der Waals surface area contributed by atoms with Crippen LogP contribution in [0.3, 0.4) is 0 Å². The van der Waals surface area contributed by atoms with E-state index in [1.165, 1.54) is 6.26 Å². The lowest BCUT2D eigenvalue weighted by Crippen LogP contribution is -2.44. The van der Waals surface area contributed by atoms with Crippen LogP contribution in [0, 0.1) is 0 Å². The van der Waals surface area contributed by atoms with Crippen LogP contribution < -0.4 is 5.01 Å². The minimum Gasteiger partial charge on any atom is -0.349 e. The summed E-state index contributed by atoms with van der Waals surface area (Å²) in [4.78, 5) is 12.2. The summed E-state index contributed by atoms with van der Waals surface area (Å²) in [5.74, 6) is 0.973. The first-order valence-corrected chi connectivity index (χ1v) is 15.0. The molecule has 1 aliphatic rings. The summed E-state index contributed by atoms with van der Waals surface area (Å²) in [6.45, 7) is 2.30. The van der Waals surface area contributed by atoms with Crippen molar-refractivity contribution in [1.29, 1.82) is 0 Å². The van der Waals surface area contributed by atoms with Gasteiger partial charge in [0, 0.05) is 43.0 Å². The van der Waals surface area contributed by atoms with Gasteiger partial charge in [-0.05, 0) is 55.1 Å². The van der Waals surface area contributed by atoms with Gasteiger partial charge in [-0.1, -0.05) is 35.9 Å². The summed E-state index contributed by atoms with van der Waals surface area (Å²) >= 11 is 8.31. The molecule has 4 aromatic rings. The molecule has 3 heterocycles. The van der Waals surface area contributed by atoms with E-state index in [0.717, 1.165) is 52.0 Å². The van der Waals surface area contributed by atoms with E-state index in [1.807, 2.05) is 42.6 Å². The lowest BCUT2D eigenvalue weighted by Gasteiger charge is -2.35. The number of hydrogen-bond acceptors (Lipinski definition) is 7. The van der Waals surface area contributed by atoms with Gasteiger partial charge in [0.2, 0.25) is 0 Å². The highest BCUT2D eigenvalue weighted by Crippen LogP contribution is 2.40. The zero-order valence-corrected chi connectivity index (χ0v) is 23.0. The molecule has 2 aromatic carbocycles. The molecule has 0 atom stereocenters. The number of imidazole rings is 1. The van der Waals surface area contributed by atoms with Gasteiger partial charge in [-0.2, -0.15) is 5.01 Å². The number of nitrogens with zero attached hydrogens (tertiary/aromatic N) is 4.